The van der Waals surface area contributed by atoms with E-state index in [1.165, 1.54) is 0 Å². The van der Waals surface area contributed by atoms with Crippen molar-refractivity contribution in [2.24, 2.45) is 0 Å². The normalized spacial score (nSPS) is 14.5. The number of fused-ring (bicyclic) bond motifs is 1. The van der Waals surface area contributed by atoms with Gasteiger partial charge in [0.25, 0.3) is 0 Å². The fourth-order valence-electron chi connectivity index (χ4n) is 1.47. The molecular weight excluding hydrogens is 260 g/mol. The van der Waals surface area contributed by atoms with E-state index in [9.17, 15) is 9.59 Å². The van der Waals surface area contributed by atoms with Gasteiger partial charge in [-0.15, -0.1) is 0 Å². The monoisotopic (exact) mass is 266 g/mol. The second-order valence-electron chi connectivity index (χ2n) is 3.00. The van der Waals surface area contributed by atoms with Gasteiger partial charge in [0.2, 0.25) is 0 Å². The number of halogens is 1. The number of rotatable bonds is 2. The van der Waals surface area contributed by atoms with E-state index >= 15 is 0 Å². The molecule has 76 valence electrons. The predicted octanol–water partition coefficient (Wildman–Crippen LogP) is 2.41. The maximum atomic E-state index is 11.4. The number of allylic oxidation sites excluding steroid dienone is 1. The van der Waals surface area contributed by atoms with Crippen LogP contribution in [0, 0.1) is 0 Å². The van der Waals surface area contributed by atoms with Gasteiger partial charge in [-0.05, 0) is 11.6 Å². The summed E-state index contributed by atoms with van der Waals surface area (Å²) in [4.78, 5) is 22.6. The average Bonchev–Trinajstić information content (AvgIpc) is 2.53. The Bertz CT molecular complexity index is 463. The lowest BCUT2D eigenvalue weighted by Gasteiger charge is -1.97. The Morgan fingerprint density at radius 2 is 2.07 bits per heavy atom. The zero-order valence-corrected chi connectivity index (χ0v) is 9.28. The topological polar surface area (TPSA) is 43.4 Å². The molecule has 3 nitrogen and oxygen atoms in total. The maximum absolute atomic E-state index is 11.4. The Balaban J connectivity index is 2.55. The molecule has 4 heteroatoms. The van der Waals surface area contributed by atoms with Crippen LogP contribution in [-0.2, 0) is 4.74 Å². The lowest BCUT2D eigenvalue weighted by Crippen LogP contribution is -1.98. The Hall–Kier alpha value is -1.42. The molecule has 1 heterocycles. The fourth-order valence-corrected chi connectivity index (χ4v) is 1.66. The summed E-state index contributed by atoms with van der Waals surface area (Å²) >= 11 is 3.24. The number of carbonyl (C=O) groups is 2. The molecule has 0 aliphatic carbocycles. The van der Waals surface area contributed by atoms with Gasteiger partial charge in [0.15, 0.2) is 0 Å². The summed E-state index contributed by atoms with van der Waals surface area (Å²) in [6, 6.07) is 5.10. The number of ether oxygens (including phenoxy) is 1. The van der Waals surface area contributed by atoms with Crippen LogP contribution < -0.4 is 0 Å². The zero-order chi connectivity index (χ0) is 10.8. The lowest BCUT2D eigenvalue weighted by molar-refractivity contribution is 0.0444. The minimum Gasteiger partial charge on any atom is -0.386 e. The van der Waals surface area contributed by atoms with Crippen LogP contribution >= 0.6 is 15.9 Å². The van der Waals surface area contributed by atoms with Gasteiger partial charge in [0, 0.05) is 5.33 Å². The van der Waals surface area contributed by atoms with Crippen molar-refractivity contribution in [3.63, 3.8) is 0 Å². The van der Waals surface area contributed by atoms with Crippen molar-refractivity contribution in [2.45, 2.75) is 0 Å². The summed E-state index contributed by atoms with van der Waals surface area (Å²) in [6.07, 6.45) is 3.64. The Labute approximate surface area is 94.9 Å². The van der Waals surface area contributed by atoms with Crippen LogP contribution in [-0.4, -0.2) is 17.3 Å². The van der Waals surface area contributed by atoms with Gasteiger partial charge in [0.05, 0.1) is 11.1 Å². The minimum atomic E-state index is -0.566. The number of hydrogen-bond acceptors (Lipinski definition) is 3. The molecule has 0 unspecified atom stereocenters. The van der Waals surface area contributed by atoms with Crippen molar-refractivity contribution < 1.29 is 14.3 Å². The summed E-state index contributed by atoms with van der Waals surface area (Å²) in [6.45, 7) is 0. The van der Waals surface area contributed by atoms with Crippen molar-refractivity contribution in [3.8, 4) is 0 Å². The van der Waals surface area contributed by atoms with Gasteiger partial charge in [0.1, 0.15) is 0 Å². The van der Waals surface area contributed by atoms with Crippen LogP contribution in [0.3, 0.4) is 0 Å². The van der Waals surface area contributed by atoms with Crippen molar-refractivity contribution in [1.29, 1.82) is 0 Å². The molecular formula is C11H7BrO3. The molecule has 2 rings (SSSR count). The first-order valence-corrected chi connectivity index (χ1v) is 5.48. The first kappa shape index (κ1) is 10.1. The lowest BCUT2D eigenvalue weighted by atomic mass is 10.0. The van der Waals surface area contributed by atoms with Crippen molar-refractivity contribution in [3.05, 3.63) is 41.0 Å². The highest BCUT2D eigenvalue weighted by molar-refractivity contribution is 9.09. The van der Waals surface area contributed by atoms with Gasteiger partial charge in [-0.2, -0.15) is 0 Å². The molecule has 1 aliphatic rings. The summed E-state index contributed by atoms with van der Waals surface area (Å²) < 4.78 is 4.53. The van der Waals surface area contributed by atoms with Gasteiger partial charge in [-0.3, -0.25) is 0 Å². The van der Waals surface area contributed by atoms with Gasteiger partial charge in [-0.1, -0.05) is 40.2 Å². The smallest absolute Gasteiger partial charge is 0.347 e. The molecule has 1 aromatic carbocycles. The number of cyclic esters (lactones) is 2. The Morgan fingerprint density at radius 1 is 1.27 bits per heavy atom. The average molecular weight is 267 g/mol. The van der Waals surface area contributed by atoms with Crippen molar-refractivity contribution in [1.82, 2.24) is 0 Å². The molecule has 0 saturated heterocycles. The third kappa shape index (κ3) is 1.72. The van der Waals surface area contributed by atoms with Gasteiger partial charge >= 0.3 is 11.9 Å². The first-order valence-electron chi connectivity index (χ1n) is 4.36. The van der Waals surface area contributed by atoms with E-state index in [0.29, 0.717) is 22.0 Å². The van der Waals surface area contributed by atoms with Crippen LogP contribution in [0.2, 0.25) is 0 Å². The number of carbonyl (C=O) groups excluding carboxylic acids is 2. The molecule has 0 saturated carbocycles. The van der Waals surface area contributed by atoms with Gasteiger partial charge < -0.3 is 4.74 Å². The summed E-state index contributed by atoms with van der Waals surface area (Å²) in [5.74, 6) is -1.13. The van der Waals surface area contributed by atoms with Crippen LogP contribution in [0.15, 0.2) is 24.3 Å². The highest BCUT2D eigenvalue weighted by Crippen LogP contribution is 2.24. The second kappa shape index (κ2) is 3.98. The number of benzene rings is 1. The Kier molecular flexibility index (Phi) is 2.68. The Morgan fingerprint density at radius 3 is 2.80 bits per heavy atom. The van der Waals surface area contributed by atoms with E-state index in [2.05, 4.69) is 20.7 Å². The van der Waals surface area contributed by atoms with E-state index in [0.717, 1.165) is 0 Å². The molecule has 0 radical (unpaired) electrons. The molecule has 0 spiro atoms. The maximum Gasteiger partial charge on any atom is 0.347 e. The molecule has 0 amide bonds. The molecule has 0 fully saturated rings. The number of esters is 2. The quantitative estimate of drug-likeness (QED) is 0.469. The standard InChI is InChI=1S/C11H7BrO3/c12-6-2-4-7-3-1-5-8-9(7)11(14)15-10(8)13/h1-5H,6H2. The van der Waals surface area contributed by atoms with Crippen LogP contribution in [0.4, 0.5) is 0 Å². The predicted molar refractivity (Wildman–Crippen MR) is 59.0 cm³/mol. The first-order chi connectivity index (χ1) is 7.24. The van der Waals surface area contributed by atoms with Crippen LogP contribution in [0.5, 0.6) is 0 Å². The number of alkyl halides is 1. The molecule has 1 aliphatic heterocycles. The summed E-state index contributed by atoms with van der Waals surface area (Å²) in [7, 11) is 0. The molecule has 0 N–H and O–H groups in total. The SMILES string of the molecule is O=C1OC(=O)c2c(C=CCBr)cccc21. The third-order valence-corrected chi connectivity index (χ3v) is 2.47. The molecule has 0 aromatic heterocycles. The van der Waals surface area contributed by atoms with Crippen LogP contribution in [0.1, 0.15) is 26.3 Å². The molecule has 1 aromatic rings. The molecule has 0 atom stereocenters. The third-order valence-electron chi connectivity index (χ3n) is 2.09. The largest absolute Gasteiger partial charge is 0.386 e. The van der Waals surface area contributed by atoms with E-state index in [1.54, 1.807) is 24.3 Å². The van der Waals surface area contributed by atoms with E-state index < -0.39 is 11.9 Å². The van der Waals surface area contributed by atoms with Gasteiger partial charge in [-0.25, -0.2) is 9.59 Å². The second-order valence-corrected chi connectivity index (χ2v) is 3.65. The summed E-state index contributed by atoms with van der Waals surface area (Å²) in [5.41, 5.74) is 1.42. The van der Waals surface area contributed by atoms with Crippen molar-refractivity contribution >= 4 is 33.9 Å². The minimum absolute atomic E-state index is 0.344. The van der Waals surface area contributed by atoms with Crippen molar-refractivity contribution in [2.75, 3.05) is 5.33 Å². The van der Waals surface area contributed by atoms with Crippen LogP contribution in [0.25, 0.3) is 6.08 Å². The van der Waals surface area contributed by atoms with E-state index in [4.69, 9.17) is 0 Å². The van der Waals surface area contributed by atoms with E-state index in [-0.39, 0.29) is 0 Å². The summed E-state index contributed by atoms with van der Waals surface area (Å²) in [5, 5.41) is 0.694. The fraction of sp³-hybridized carbons (Fsp3) is 0.0909. The zero-order valence-electron chi connectivity index (χ0n) is 7.70. The molecule has 15 heavy (non-hydrogen) atoms. The highest BCUT2D eigenvalue weighted by Gasteiger charge is 2.31. The highest BCUT2D eigenvalue weighted by atomic mass is 79.9. The van der Waals surface area contributed by atoms with E-state index in [1.807, 2.05) is 6.08 Å². The number of hydrogen-bond donors (Lipinski definition) is 0. The molecule has 0 bridgehead atoms.